The summed E-state index contributed by atoms with van der Waals surface area (Å²) in [7, 11) is -2.16. The molecule has 1 heterocycles. The summed E-state index contributed by atoms with van der Waals surface area (Å²) in [5.74, 6) is 0.378. The van der Waals surface area contributed by atoms with Crippen molar-refractivity contribution in [2.75, 3.05) is 18.6 Å². The SMILES string of the molecule is COc1ccc(C)c(N2CC(S(N)(=O)=O)CC2=O)c1. The monoisotopic (exact) mass is 284 g/mol. The fourth-order valence-corrected chi connectivity index (χ4v) is 2.87. The number of methoxy groups -OCH3 is 1. The van der Waals surface area contributed by atoms with Crippen molar-refractivity contribution < 1.29 is 17.9 Å². The Morgan fingerprint density at radius 2 is 2.11 bits per heavy atom. The Morgan fingerprint density at radius 1 is 1.42 bits per heavy atom. The van der Waals surface area contributed by atoms with E-state index < -0.39 is 15.3 Å². The maximum atomic E-state index is 11.9. The van der Waals surface area contributed by atoms with Crippen LogP contribution in [-0.4, -0.2) is 33.2 Å². The second kappa shape index (κ2) is 4.82. The number of aryl methyl sites for hydroxylation is 1. The van der Waals surface area contributed by atoms with Gasteiger partial charge in [-0.3, -0.25) is 4.79 Å². The Balaban J connectivity index is 2.35. The Kier molecular flexibility index (Phi) is 3.51. The predicted molar refractivity (Wildman–Crippen MR) is 71.6 cm³/mol. The van der Waals surface area contributed by atoms with Gasteiger partial charge in [0.25, 0.3) is 0 Å². The molecule has 0 aromatic heterocycles. The first kappa shape index (κ1) is 13.8. The lowest BCUT2D eigenvalue weighted by Crippen LogP contribution is -2.32. The molecule has 7 heteroatoms. The zero-order chi connectivity index (χ0) is 14.2. The summed E-state index contributed by atoms with van der Waals surface area (Å²) in [5.41, 5.74) is 1.54. The van der Waals surface area contributed by atoms with Gasteiger partial charge in [-0.2, -0.15) is 0 Å². The minimum absolute atomic E-state index is 0.0739. The van der Waals surface area contributed by atoms with Gasteiger partial charge >= 0.3 is 0 Å². The highest BCUT2D eigenvalue weighted by atomic mass is 32.2. The van der Waals surface area contributed by atoms with Crippen molar-refractivity contribution in [3.05, 3.63) is 23.8 Å². The Bertz CT molecular complexity index is 612. The summed E-state index contributed by atoms with van der Waals surface area (Å²) in [6.45, 7) is 1.94. The van der Waals surface area contributed by atoms with Crippen LogP contribution in [0.2, 0.25) is 0 Å². The zero-order valence-electron chi connectivity index (χ0n) is 10.8. The van der Waals surface area contributed by atoms with Crippen LogP contribution in [0.4, 0.5) is 5.69 Å². The summed E-state index contributed by atoms with van der Waals surface area (Å²) < 4.78 is 27.8. The average Bonchev–Trinajstić information content (AvgIpc) is 2.72. The quantitative estimate of drug-likeness (QED) is 0.869. The molecule has 1 aliphatic rings. The molecule has 1 aromatic carbocycles. The number of sulfonamides is 1. The number of amides is 1. The van der Waals surface area contributed by atoms with Crippen molar-refractivity contribution in [1.82, 2.24) is 0 Å². The van der Waals surface area contributed by atoms with Crippen LogP contribution in [0.3, 0.4) is 0 Å². The van der Waals surface area contributed by atoms with E-state index in [2.05, 4.69) is 0 Å². The van der Waals surface area contributed by atoms with E-state index in [9.17, 15) is 13.2 Å². The molecule has 0 spiro atoms. The largest absolute Gasteiger partial charge is 0.497 e. The molecule has 1 aliphatic heterocycles. The zero-order valence-corrected chi connectivity index (χ0v) is 11.6. The van der Waals surface area contributed by atoms with E-state index in [1.54, 1.807) is 12.1 Å². The molecule has 1 saturated heterocycles. The smallest absolute Gasteiger partial charge is 0.228 e. The Hall–Kier alpha value is -1.60. The molecule has 1 atom stereocenters. The molecule has 2 N–H and O–H groups in total. The van der Waals surface area contributed by atoms with E-state index in [4.69, 9.17) is 9.88 Å². The standard InChI is InChI=1S/C12H16N2O4S/c1-8-3-4-9(18-2)5-11(8)14-7-10(6-12(14)15)19(13,16)17/h3-5,10H,6-7H2,1-2H3,(H2,13,16,17). The molecule has 104 valence electrons. The minimum atomic E-state index is -3.70. The summed E-state index contributed by atoms with van der Waals surface area (Å²) in [6.07, 6.45) is -0.0739. The van der Waals surface area contributed by atoms with Crippen LogP contribution in [0, 0.1) is 6.92 Å². The lowest BCUT2D eigenvalue weighted by Gasteiger charge is -2.19. The average molecular weight is 284 g/mol. The number of ether oxygens (including phenoxy) is 1. The molecule has 1 amide bonds. The van der Waals surface area contributed by atoms with E-state index >= 15 is 0 Å². The number of anilines is 1. The molecule has 2 rings (SSSR count). The van der Waals surface area contributed by atoms with E-state index in [-0.39, 0.29) is 18.9 Å². The van der Waals surface area contributed by atoms with E-state index in [0.717, 1.165) is 5.56 Å². The molecule has 0 aliphatic carbocycles. The molecule has 1 unspecified atom stereocenters. The second-order valence-electron chi connectivity index (χ2n) is 4.57. The van der Waals surface area contributed by atoms with Crippen molar-refractivity contribution in [2.45, 2.75) is 18.6 Å². The lowest BCUT2D eigenvalue weighted by atomic mass is 10.1. The third-order valence-electron chi connectivity index (χ3n) is 3.26. The predicted octanol–water partition coefficient (Wildman–Crippen LogP) is 0.397. The van der Waals surface area contributed by atoms with Crippen molar-refractivity contribution in [3.63, 3.8) is 0 Å². The van der Waals surface area contributed by atoms with Crippen LogP contribution in [0.15, 0.2) is 18.2 Å². The van der Waals surface area contributed by atoms with Crippen LogP contribution in [0.1, 0.15) is 12.0 Å². The third kappa shape index (κ3) is 2.71. The summed E-state index contributed by atoms with van der Waals surface area (Å²) in [6, 6.07) is 5.33. The van der Waals surface area contributed by atoms with E-state index in [1.165, 1.54) is 12.0 Å². The number of benzene rings is 1. The first-order valence-corrected chi connectivity index (χ1v) is 7.40. The van der Waals surface area contributed by atoms with Gasteiger partial charge in [0.05, 0.1) is 12.8 Å². The molecule has 1 fully saturated rings. The highest BCUT2D eigenvalue weighted by Gasteiger charge is 2.37. The summed E-state index contributed by atoms with van der Waals surface area (Å²) in [4.78, 5) is 13.4. The van der Waals surface area contributed by atoms with Gasteiger partial charge in [0.1, 0.15) is 11.0 Å². The van der Waals surface area contributed by atoms with Gasteiger partial charge in [0.2, 0.25) is 15.9 Å². The highest BCUT2D eigenvalue weighted by molar-refractivity contribution is 7.89. The first-order chi connectivity index (χ1) is 8.82. The van der Waals surface area contributed by atoms with Crippen molar-refractivity contribution in [3.8, 4) is 5.75 Å². The van der Waals surface area contributed by atoms with Gasteiger partial charge in [0, 0.05) is 19.0 Å². The lowest BCUT2D eigenvalue weighted by molar-refractivity contribution is -0.117. The van der Waals surface area contributed by atoms with Crippen molar-refractivity contribution >= 4 is 21.6 Å². The van der Waals surface area contributed by atoms with E-state index in [1.807, 2.05) is 13.0 Å². The number of nitrogens with two attached hydrogens (primary N) is 1. The van der Waals surface area contributed by atoms with Crippen LogP contribution >= 0.6 is 0 Å². The van der Waals surface area contributed by atoms with Crippen molar-refractivity contribution in [2.24, 2.45) is 5.14 Å². The maximum absolute atomic E-state index is 11.9. The molecule has 1 aromatic rings. The normalized spacial score (nSPS) is 19.8. The summed E-state index contributed by atoms with van der Waals surface area (Å²) >= 11 is 0. The van der Waals surface area contributed by atoms with Crippen molar-refractivity contribution in [1.29, 1.82) is 0 Å². The topological polar surface area (TPSA) is 89.7 Å². The van der Waals surface area contributed by atoms with Crippen LogP contribution in [0.5, 0.6) is 5.75 Å². The summed E-state index contributed by atoms with van der Waals surface area (Å²) in [5, 5.41) is 4.26. The number of carbonyl (C=O) groups is 1. The number of hydrogen-bond acceptors (Lipinski definition) is 4. The number of hydrogen-bond donors (Lipinski definition) is 1. The third-order valence-corrected chi connectivity index (χ3v) is 4.51. The fraction of sp³-hybridized carbons (Fsp3) is 0.417. The number of rotatable bonds is 3. The van der Waals surface area contributed by atoms with Gasteiger partial charge in [-0.15, -0.1) is 0 Å². The molecule has 19 heavy (non-hydrogen) atoms. The fourth-order valence-electron chi connectivity index (χ4n) is 2.13. The Labute approximate surface area is 112 Å². The van der Waals surface area contributed by atoms with E-state index in [0.29, 0.717) is 11.4 Å². The van der Waals surface area contributed by atoms with Gasteiger partial charge in [-0.1, -0.05) is 6.07 Å². The van der Waals surface area contributed by atoms with Gasteiger partial charge in [0.15, 0.2) is 0 Å². The molecule has 0 saturated carbocycles. The molecule has 0 bridgehead atoms. The first-order valence-electron chi connectivity index (χ1n) is 5.79. The molecular weight excluding hydrogens is 268 g/mol. The Morgan fingerprint density at radius 3 is 2.63 bits per heavy atom. The number of primary sulfonamides is 1. The number of nitrogens with zero attached hydrogens (tertiary/aromatic N) is 1. The highest BCUT2D eigenvalue weighted by Crippen LogP contribution is 2.30. The van der Waals surface area contributed by atoms with Gasteiger partial charge in [-0.05, 0) is 18.6 Å². The van der Waals surface area contributed by atoms with Crippen LogP contribution < -0.4 is 14.8 Å². The van der Waals surface area contributed by atoms with Crippen LogP contribution in [0.25, 0.3) is 0 Å². The van der Waals surface area contributed by atoms with Gasteiger partial charge in [-0.25, -0.2) is 13.6 Å². The molecule has 6 nitrogen and oxygen atoms in total. The second-order valence-corrected chi connectivity index (χ2v) is 6.42. The minimum Gasteiger partial charge on any atom is -0.497 e. The molecular formula is C12H16N2O4S. The number of carbonyl (C=O) groups excluding carboxylic acids is 1. The van der Waals surface area contributed by atoms with Crippen LogP contribution in [-0.2, 0) is 14.8 Å². The van der Waals surface area contributed by atoms with Gasteiger partial charge < -0.3 is 9.64 Å². The maximum Gasteiger partial charge on any atom is 0.228 e. The molecule has 0 radical (unpaired) electrons.